The van der Waals surface area contributed by atoms with E-state index in [-0.39, 0.29) is 5.69 Å². The molecule has 1 N–H and O–H groups in total. The van der Waals surface area contributed by atoms with Gasteiger partial charge in [-0.25, -0.2) is 9.78 Å². The van der Waals surface area contributed by atoms with E-state index in [0.29, 0.717) is 0 Å². The molecule has 2 rings (SSSR count). The first-order valence-electron chi connectivity index (χ1n) is 5.14. The predicted molar refractivity (Wildman–Crippen MR) is 59.9 cm³/mol. The van der Waals surface area contributed by atoms with E-state index in [0.717, 1.165) is 23.1 Å². The molecule has 0 atom stereocenters. The lowest BCUT2D eigenvalue weighted by atomic mass is 10.1. The number of aryl methyl sites for hydroxylation is 1. The molecule has 0 bridgehead atoms. The van der Waals surface area contributed by atoms with E-state index in [4.69, 9.17) is 5.11 Å². The Labute approximate surface area is 92.6 Å². The Balaban J connectivity index is 2.21. The molecular formula is C10H14N2O2S. The van der Waals surface area contributed by atoms with Crippen LogP contribution in [0.3, 0.4) is 0 Å². The molecule has 0 aliphatic carbocycles. The molecule has 2 heterocycles. The van der Waals surface area contributed by atoms with E-state index < -0.39 is 5.97 Å². The zero-order valence-corrected chi connectivity index (χ0v) is 9.51. The van der Waals surface area contributed by atoms with Gasteiger partial charge in [0, 0.05) is 18.0 Å². The number of rotatable bonds is 2. The Kier molecular flexibility index (Phi) is 2.90. The first-order chi connectivity index (χ1) is 7.18. The van der Waals surface area contributed by atoms with Gasteiger partial charge in [-0.15, -0.1) is 11.3 Å². The number of aromatic carboxylic acids is 1. The second kappa shape index (κ2) is 4.18. The molecule has 0 amide bonds. The fourth-order valence-electron chi connectivity index (χ4n) is 1.80. The summed E-state index contributed by atoms with van der Waals surface area (Å²) in [6.45, 7) is 3.83. The van der Waals surface area contributed by atoms with Gasteiger partial charge >= 0.3 is 5.97 Å². The normalized spacial score (nSPS) is 16.7. The summed E-state index contributed by atoms with van der Waals surface area (Å²) in [6, 6.07) is 0. The van der Waals surface area contributed by atoms with Crippen LogP contribution >= 0.6 is 11.3 Å². The molecule has 0 aromatic carbocycles. The summed E-state index contributed by atoms with van der Waals surface area (Å²) >= 11 is 1.48. The summed E-state index contributed by atoms with van der Waals surface area (Å²) in [6.07, 6.45) is 3.63. The molecule has 0 radical (unpaired) electrons. The van der Waals surface area contributed by atoms with Crippen molar-refractivity contribution >= 4 is 22.4 Å². The average molecular weight is 226 g/mol. The van der Waals surface area contributed by atoms with Crippen molar-refractivity contribution < 1.29 is 9.90 Å². The molecule has 0 unspecified atom stereocenters. The van der Waals surface area contributed by atoms with Crippen molar-refractivity contribution in [3.05, 3.63) is 10.6 Å². The number of hydrogen-bond acceptors (Lipinski definition) is 4. The minimum atomic E-state index is -0.924. The first kappa shape index (κ1) is 10.4. The predicted octanol–water partition coefficient (Wildman–Crippen LogP) is 2.14. The van der Waals surface area contributed by atoms with Crippen molar-refractivity contribution in [2.75, 3.05) is 18.0 Å². The lowest BCUT2D eigenvalue weighted by molar-refractivity contribution is 0.0690. The lowest BCUT2D eigenvalue weighted by Gasteiger charge is -2.25. The molecule has 1 fully saturated rings. The Bertz CT molecular complexity index is 369. The van der Waals surface area contributed by atoms with E-state index in [1.165, 1.54) is 30.6 Å². The standard InChI is InChI=1S/C10H14N2O2S/c1-7-8(9(13)14)11-10(15-7)12-5-3-2-4-6-12/h2-6H2,1H3,(H,13,14). The average Bonchev–Trinajstić information content (AvgIpc) is 2.62. The van der Waals surface area contributed by atoms with Gasteiger partial charge in [-0.3, -0.25) is 0 Å². The molecule has 5 heteroatoms. The van der Waals surface area contributed by atoms with Crippen LogP contribution < -0.4 is 4.90 Å². The van der Waals surface area contributed by atoms with E-state index in [1.807, 2.05) is 6.92 Å². The quantitative estimate of drug-likeness (QED) is 0.839. The topological polar surface area (TPSA) is 53.4 Å². The third-order valence-electron chi connectivity index (χ3n) is 2.61. The molecule has 1 saturated heterocycles. The molecular weight excluding hydrogens is 212 g/mol. The van der Waals surface area contributed by atoms with E-state index in [9.17, 15) is 4.79 Å². The van der Waals surface area contributed by atoms with Crippen LogP contribution in [0.25, 0.3) is 0 Å². The van der Waals surface area contributed by atoms with Gasteiger partial charge in [-0.1, -0.05) is 0 Å². The number of anilines is 1. The largest absolute Gasteiger partial charge is 0.476 e. The molecule has 4 nitrogen and oxygen atoms in total. The fraction of sp³-hybridized carbons (Fsp3) is 0.600. The highest BCUT2D eigenvalue weighted by atomic mass is 32.1. The maximum Gasteiger partial charge on any atom is 0.355 e. The number of hydrogen-bond donors (Lipinski definition) is 1. The SMILES string of the molecule is Cc1sc(N2CCCCC2)nc1C(=O)O. The molecule has 1 aromatic rings. The van der Waals surface area contributed by atoms with Gasteiger partial charge in [0.05, 0.1) is 0 Å². The maximum absolute atomic E-state index is 10.8. The van der Waals surface area contributed by atoms with Gasteiger partial charge in [0.2, 0.25) is 0 Å². The number of carboxylic acid groups (broad SMARTS) is 1. The lowest BCUT2D eigenvalue weighted by Crippen LogP contribution is -2.29. The van der Waals surface area contributed by atoms with E-state index in [1.54, 1.807) is 0 Å². The molecule has 1 aliphatic heterocycles. The van der Waals surface area contributed by atoms with Gasteiger partial charge in [0.1, 0.15) is 0 Å². The van der Waals surface area contributed by atoms with Crippen LogP contribution in [0.2, 0.25) is 0 Å². The van der Waals surface area contributed by atoms with Crippen LogP contribution in [0.4, 0.5) is 5.13 Å². The summed E-state index contributed by atoms with van der Waals surface area (Å²) < 4.78 is 0. The van der Waals surface area contributed by atoms with Crippen LogP contribution in [0.15, 0.2) is 0 Å². The summed E-state index contributed by atoms with van der Waals surface area (Å²) in [5, 5.41) is 9.77. The highest BCUT2D eigenvalue weighted by Crippen LogP contribution is 2.27. The summed E-state index contributed by atoms with van der Waals surface area (Å²) in [5.74, 6) is -0.924. The number of aromatic nitrogens is 1. The van der Waals surface area contributed by atoms with Crippen LogP contribution in [0.5, 0.6) is 0 Å². The number of carboxylic acids is 1. The first-order valence-corrected chi connectivity index (χ1v) is 5.96. The van der Waals surface area contributed by atoms with Gasteiger partial charge in [0.15, 0.2) is 10.8 Å². The smallest absolute Gasteiger partial charge is 0.355 e. The van der Waals surface area contributed by atoms with Crippen LogP contribution in [0.1, 0.15) is 34.6 Å². The van der Waals surface area contributed by atoms with Crippen molar-refractivity contribution in [3.8, 4) is 0 Å². The molecule has 0 spiro atoms. The van der Waals surface area contributed by atoms with E-state index in [2.05, 4.69) is 9.88 Å². The second-order valence-electron chi connectivity index (χ2n) is 3.75. The highest BCUT2D eigenvalue weighted by Gasteiger charge is 2.19. The summed E-state index contributed by atoms with van der Waals surface area (Å²) in [4.78, 5) is 18.0. The molecule has 82 valence electrons. The third-order valence-corrected chi connectivity index (χ3v) is 3.65. The summed E-state index contributed by atoms with van der Waals surface area (Å²) in [7, 11) is 0. The minimum Gasteiger partial charge on any atom is -0.476 e. The monoisotopic (exact) mass is 226 g/mol. The third kappa shape index (κ3) is 2.12. The fourth-order valence-corrected chi connectivity index (χ4v) is 2.75. The van der Waals surface area contributed by atoms with Crippen molar-refractivity contribution in [1.82, 2.24) is 4.98 Å². The van der Waals surface area contributed by atoms with Crippen molar-refractivity contribution in [3.63, 3.8) is 0 Å². The van der Waals surface area contributed by atoms with Crippen molar-refractivity contribution in [2.24, 2.45) is 0 Å². The number of carbonyl (C=O) groups is 1. The maximum atomic E-state index is 10.8. The summed E-state index contributed by atoms with van der Waals surface area (Å²) in [5.41, 5.74) is 0.209. The van der Waals surface area contributed by atoms with Crippen LogP contribution in [-0.4, -0.2) is 29.1 Å². The van der Waals surface area contributed by atoms with Gasteiger partial charge in [0.25, 0.3) is 0 Å². The van der Waals surface area contributed by atoms with Gasteiger partial charge in [-0.05, 0) is 26.2 Å². The van der Waals surface area contributed by atoms with Crippen molar-refractivity contribution in [2.45, 2.75) is 26.2 Å². The molecule has 1 aromatic heterocycles. The number of nitrogens with zero attached hydrogens (tertiary/aromatic N) is 2. The minimum absolute atomic E-state index is 0.209. The van der Waals surface area contributed by atoms with Gasteiger partial charge < -0.3 is 10.0 Å². The Morgan fingerprint density at radius 1 is 1.40 bits per heavy atom. The zero-order chi connectivity index (χ0) is 10.8. The second-order valence-corrected chi connectivity index (χ2v) is 4.94. The van der Waals surface area contributed by atoms with E-state index >= 15 is 0 Å². The Morgan fingerprint density at radius 2 is 2.07 bits per heavy atom. The van der Waals surface area contributed by atoms with Crippen LogP contribution in [0, 0.1) is 6.92 Å². The van der Waals surface area contributed by atoms with Crippen LogP contribution in [-0.2, 0) is 0 Å². The number of thiazole rings is 1. The van der Waals surface area contributed by atoms with Gasteiger partial charge in [-0.2, -0.15) is 0 Å². The molecule has 1 aliphatic rings. The van der Waals surface area contributed by atoms with Crippen molar-refractivity contribution in [1.29, 1.82) is 0 Å². The Hall–Kier alpha value is -1.10. The highest BCUT2D eigenvalue weighted by molar-refractivity contribution is 7.15. The molecule has 0 saturated carbocycles. The number of piperidine rings is 1. The zero-order valence-electron chi connectivity index (χ0n) is 8.69. The Morgan fingerprint density at radius 3 is 2.60 bits per heavy atom. The molecule has 15 heavy (non-hydrogen) atoms.